The van der Waals surface area contributed by atoms with E-state index in [0.717, 1.165) is 12.0 Å². The van der Waals surface area contributed by atoms with Crippen molar-refractivity contribution >= 4 is 46.6 Å². The number of nitrogens with one attached hydrogen (secondary N) is 3. The van der Waals surface area contributed by atoms with Crippen molar-refractivity contribution < 1.29 is 33.5 Å². The molecule has 1 heterocycles. The van der Waals surface area contributed by atoms with Crippen LogP contribution in [0.15, 0.2) is 29.6 Å². The number of unbranched alkanes of at least 4 members (excludes halogenated alkanes) is 2. The molecule has 0 bridgehead atoms. The summed E-state index contributed by atoms with van der Waals surface area (Å²) in [5, 5.41) is 11.8. The van der Waals surface area contributed by atoms with Crippen LogP contribution in [0.4, 0.5) is 5.69 Å². The predicted octanol–water partition coefficient (Wildman–Crippen LogP) is 5.32. The van der Waals surface area contributed by atoms with E-state index in [9.17, 15) is 24.0 Å². The van der Waals surface area contributed by atoms with Crippen LogP contribution in [0.1, 0.15) is 121 Å². The fourth-order valence-electron chi connectivity index (χ4n) is 5.56. The third kappa shape index (κ3) is 16.9. The third-order valence-corrected chi connectivity index (χ3v) is 9.03. The van der Waals surface area contributed by atoms with Gasteiger partial charge in [-0.3, -0.25) is 28.8 Å². The van der Waals surface area contributed by atoms with Gasteiger partial charge in [0.05, 0.1) is 25.7 Å². The number of thiazole rings is 1. The molecule has 0 aliphatic carbocycles. The summed E-state index contributed by atoms with van der Waals surface area (Å²) < 4.78 is 5.76. The Bertz CT molecular complexity index is 1530. The number of carbonyl (C=O) groups excluding carboxylic acids is 5. The maximum absolute atomic E-state index is 13.6. The fourth-order valence-corrected chi connectivity index (χ4v) is 6.40. The zero-order valence-corrected chi connectivity index (χ0v) is 33.1. The maximum Gasteiger partial charge on any atom is 0.303 e. The number of hydroxylamine groups is 2. The molecular formula is C39H58N6O7S. The zero-order valence-electron chi connectivity index (χ0n) is 32.3. The Morgan fingerprint density at radius 3 is 2.36 bits per heavy atom. The van der Waals surface area contributed by atoms with Gasteiger partial charge in [-0.05, 0) is 54.7 Å². The lowest BCUT2D eigenvalue weighted by Crippen LogP contribution is -2.44. The first-order valence-electron chi connectivity index (χ1n) is 18.2. The van der Waals surface area contributed by atoms with E-state index in [1.165, 1.54) is 23.3 Å². The lowest BCUT2D eigenvalue weighted by Gasteiger charge is -2.35. The van der Waals surface area contributed by atoms with Crippen molar-refractivity contribution in [3.8, 4) is 12.3 Å². The Morgan fingerprint density at radius 2 is 1.77 bits per heavy atom. The Balaban J connectivity index is 2.25. The number of hydrogen-bond donors (Lipinski definition) is 4. The second-order valence-electron chi connectivity index (χ2n) is 14.5. The molecule has 2 aromatic rings. The van der Waals surface area contributed by atoms with Crippen molar-refractivity contribution in [2.24, 2.45) is 17.1 Å². The number of terminal acetylenes is 1. The van der Waals surface area contributed by atoms with Gasteiger partial charge in [-0.2, -0.15) is 0 Å². The highest BCUT2D eigenvalue weighted by molar-refractivity contribution is 7.09. The third-order valence-electron chi connectivity index (χ3n) is 8.10. The molecule has 3 unspecified atom stereocenters. The van der Waals surface area contributed by atoms with Crippen LogP contribution in [0.5, 0.6) is 0 Å². The molecule has 0 spiro atoms. The van der Waals surface area contributed by atoms with E-state index >= 15 is 0 Å². The highest BCUT2D eigenvalue weighted by Crippen LogP contribution is 2.32. The topological polar surface area (TPSA) is 182 Å². The van der Waals surface area contributed by atoms with Crippen LogP contribution in [0, 0.1) is 23.7 Å². The van der Waals surface area contributed by atoms with E-state index in [0.29, 0.717) is 49.2 Å². The van der Waals surface area contributed by atoms with Gasteiger partial charge in [-0.25, -0.2) is 10.0 Å². The molecule has 0 saturated heterocycles. The maximum atomic E-state index is 13.6. The van der Waals surface area contributed by atoms with Crippen LogP contribution in [-0.2, 0) is 35.2 Å². The molecule has 1 aromatic heterocycles. The first kappa shape index (κ1) is 44.8. The molecule has 53 heavy (non-hydrogen) atoms. The van der Waals surface area contributed by atoms with Gasteiger partial charge >= 0.3 is 5.97 Å². The van der Waals surface area contributed by atoms with Crippen molar-refractivity contribution in [1.29, 1.82) is 0 Å². The van der Waals surface area contributed by atoms with Crippen LogP contribution < -0.4 is 21.7 Å². The first-order valence-corrected chi connectivity index (χ1v) is 19.1. The van der Waals surface area contributed by atoms with Gasteiger partial charge in [0, 0.05) is 43.3 Å². The van der Waals surface area contributed by atoms with E-state index < -0.39 is 24.0 Å². The minimum atomic E-state index is -0.816. The number of hydrogen-bond acceptors (Lipinski definition) is 10. The highest BCUT2D eigenvalue weighted by atomic mass is 32.1. The Kier molecular flexibility index (Phi) is 19.2. The molecule has 0 aliphatic rings. The molecule has 0 aliphatic heterocycles. The number of anilines is 1. The number of nitrogens with zero attached hydrogens (tertiary/aromatic N) is 2. The van der Waals surface area contributed by atoms with Gasteiger partial charge < -0.3 is 26.4 Å². The summed E-state index contributed by atoms with van der Waals surface area (Å²) in [4.78, 5) is 73.5. The average molecular weight is 755 g/mol. The smallest absolute Gasteiger partial charge is 0.303 e. The standard InChI is InChI=1S/C39H58N6O7S/c1-9-11-13-19-51-45(36(49)14-12-10-2)32(26(3)4)21-33(52-27(5)46)38-44-31(25-53-38)37(50)43-30(22-39(6,7)8)20-28-15-17-29(18-16-28)42-35(48)24-41-34(47)23-40/h1,15-18,25-26,30,32-33H,10-14,19-24,40H2,2-8H3,(H,41,47)(H,42,48)(H,43,50). The van der Waals surface area contributed by atoms with Crippen molar-refractivity contribution in [3.05, 3.63) is 45.9 Å². The van der Waals surface area contributed by atoms with E-state index in [1.807, 2.05) is 32.9 Å². The van der Waals surface area contributed by atoms with Gasteiger partial charge in [-0.15, -0.1) is 23.7 Å². The second-order valence-corrected chi connectivity index (χ2v) is 15.4. The van der Waals surface area contributed by atoms with Crippen LogP contribution in [-0.4, -0.2) is 71.4 Å². The Morgan fingerprint density at radius 1 is 1.08 bits per heavy atom. The normalized spacial score (nSPS) is 13.0. The molecule has 1 aromatic carbocycles. The van der Waals surface area contributed by atoms with Gasteiger partial charge in [0.1, 0.15) is 10.7 Å². The molecule has 0 radical (unpaired) electrons. The summed E-state index contributed by atoms with van der Waals surface area (Å²) in [6, 6.07) is 6.59. The van der Waals surface area contributed by atoms with E-state index in [2.05, 4.69) is 47.6 Å². The highest BCUT2D eigenvalue weighted by Gasteiger charge is 2.33. The molecule has 14 heteroatoms. The zero-order chi connectivity index (χ0) is 39.6. The van der Waals surface area contributed by atoms with Crippen LogP contribution in [0.3, 0.4) is 0 Å². The molecule has 3 atom stereocenters. The lowest BCUT2D eigenvalue weighted by atomic mass is 9.85. The molecule has 4 amide bonds. The van der Waals surface area contributed by atoms with E-state index in [1.54, 1.807) is 17.5 Å². The van der Waals surface area contributed by atoms with Gasteiger partial charge in [0.2, 0.25) is 17.7 Å². The second kappa shape index (κ2) is 22.7. The summed E-state index contributed by atoms with van der Waals surface area (Å²) in [5.41, 5.74) is 6.86. The number of aromatic nitrogens is 1. The Labute approximate surface area is 318 Å². The Hall–Kier alpha value is -4.32. The first-order chi connectivity index (χ1) is 25.1. The van der Waals surface area contributed by atoms with E-state index in [-0.39, 0.29) is 66.9 Å². The molecule has 13 nitrogen and oxygen atoms in total. The van der Waals surface area contributed by atoms with Crippen molar-refractivity contribution in [3.63, 3.8) is 0 Å². The van der Waals surface area contributed by atoms with Crippen LogP contribution in [0.25, 0.3) is 0 Å². The average Bonchev–Trinajstić information content (AvgIpc) is 3.59. The van der Waals surface area contributed by atoms with Gasteiger partial charge in [0.25, 0.3) is 5.91 Å². The number of carbonyl (C=O) groups is 5. The van der Waals surface area contributed by atoms with Crippen molar-refractivity contribution in [2.75, 3.05) is 25.0 Å². The number of rotatable bonds is 22. The molecule has 292 valence electrons. The SMILES string of the molecule is C#CCCCON(C(=O)CCCC)C(CC(OC(C)=O)c1nc(C(=O)NC(Cc2ccc(NC(=O)CNC(=O)CN)cc2)CC(C)(C)C)cs1)C(C)C. The summed E-state index contributed by atoms with van der Waals surface area (Å²) in [6.45, 7) is 13.5. The minimum Gasteiger partial charge on any atom is -0.455 e. The lowest BCUT2D eigenvalue weighted by molar-refractivity contribution is -0.210. The van der Waals surface area contributed by atoms with Crippen molar-refractivity contribution in [1.82, 2.24) is 20.7 Å². The van der Waals surface area contributed by atoms with Crippen molar-refractivity contribution in [2.45, 2.75) is 118 Å². The minimum absolute atomic E-state index is 0.0542. The van der Waals surface area contributed by atoms with Crippen LogP contribution in [0.2, 0.25) is 0 Å². The molecule has 2 rings (SSSR count). The number of nitrogens with two attached hydrogens (primary N) is 1. The summed E-state index contributed by atoms with van der Waals surface area (Å²) in [7, 11) is 0. The summed E-state index contributed by atoms with van der Waals surface area (Å²) >= 11 is 1.22. The van der Waals surface area contributed by atoms with Crippen LogP contribution >= 0.6 is 11.3 Å². The van der Waals surface area contributed by atoms with E-state index in [4.69, 9.17) is 21.7 Å². The summed E-state index contributed by atoms with van der Waals surface area (Å²) in [6.07, 6.45) is 9.01. The summed E-state index contributed by atoms with van der Waals surface area (Å²) in [5.74, 6) is 0.719. The molecule has 0 fully saturated rings. The quantitative estimate of drug-likeness (QED) is 0.0536. The van der Waals surface area contributed by atoms with Gasteiger partial charge in [0.15, 0.2) is 6.10 Å². The number of amides is 4. The van der Waals surface area contributed by atoms with Gasteiger partial charge in [-0.1, -0.05) is 60.1 Å². The number of ether oxygens (including phenoxy) is 1. The number of esters is 1. The number of benzene rings is 1. The monoisotopic (exact) mass is 754 g/mol. The predicted molar refractivity (Wildman–Crippen MR) is 206 cm³/mol. The molecular weight excluding hydrogens is 697 g/mol. The molecule has 0 saturated carbocycles. The fraction of sp³-hybridized carbons (Fsp3) is 0.590. The largest absolute Gasteiger partial charge is 0.455 e. The molecule has 5 N–H and O–H groups in total.